The number of carbonyl (C=O) groups excluding carboxylic acids is 1. The molecule has 0 saturated carbocycles. The van der Waals surface area contributed by atoms with Crippen molar-refractivity contribution < 1.29 is 23.8 Å². The highest BCUT2D eigenvalue weighted by Gasteiger charge is 2.26. The number of phenolic OH excluding ortho intramolecular Hbond substituents is 1. The van der Waals surface area contributed by atoms with Gasteiger partial charge in [0.1, 0.15) is 11.5 Å². The van der Waals surface area contributed by atoms with E-state index in [1.165, 1.54) is 7.11 Å². The van der Waals surface area contributed by atoms with Gasteiger partial charge in [-0.05, 0) is 98.7 Å². The second-order valence-electron chi connectivity index (χ2n) is 7.66. The number of furan rings is 1. The van der Waals surface area contributed by atoms with Crippen molar-refractivity contribution in [2.45, 2.75) is 19.9 Å². The lowest BCUT2D eigenvalue weighted by Gasteiger charge is -2.09. The van der Waals surface area contributed by atoms with Gasteiger partial charge >= 0.3 is 0 Å². The predicted octanol–water partition coefficient (Wildman–Crippen LogP) is 5.80. The van der Waals surface area contributed by atoms with Crippen LogP contribution in [0, 0.1) is 0 Å². The summed E-state index contributed by atoms with van der Waals surface area (Å²) in [5.41, 5.74) is 5.80. The molecule has 0 spiro atoms. The molecule has 1 aliphatic carbocycles. The highest BCUT2D eigenvalue weighted by Crippen LogP contribution is 2.45. The Labute approximate surface area is 200 Å². The van der Waals surface area contributed by atoms with Crippen LogP contribution in [0.25, 0.3) is 17.2 Å². The molecule has 1 heterocycles. The lowest BCUT2D eigenvalue weighted by molar-refractivity contribution is -0.120. The fourth-order valence-corrected chi connectivity index (χ4v) is 4.40. The average Bonchev–Trinajstić information content (AvgIpc) is 3.42. The van der Waals surface area contributed by atoms with Gasteiger partial charge in [-0.2, -0.15) is 0 Å². The number of methoxy groups -OCH3 is 2. The molecule has 0 atom stereocenters. The van der Waals surface area contributed by atoms with Gasteiger partial charge in [0.25, 0.3) is 0 Å². The zero-order valence-electron chi connectivity index (χ0n) is 18.6. The quantitative estimate of drug-likeness (QED) is 0.420. The number of halogens is 1. The first-order valence-electron chi connectivity index (χ1n) is 10.4. The summed E-state index contributed by atoms with van der Waals surface area (Å²) in [6.07, 6.45) is 3.84. The number of allylic oxidation sites excluding steroid dienone is 2. The molecule has 170 valence electrons. The fourth-order valence-electron chi connectivity index (χ4n) is 3.94. The van der Waals surface area contributed by atoms with E-state index >= 15 is 0 Å². The van der Waals surface area contributed by atoms with Gasteiger partial charge in [0.15, 0.2) is 11.5 Å². The minimum absolute atomic E-state index is 0.0531. The Balaban J connectivity index is 1.71. The van der Waals surface area contributed by atoms with Crippen LogP contribution in [0.3, 0.4) is 0 Å². The van der Waals surface area contributed by atoms with Gasteiger partial charge < -0.3 is 24.3 Å². The Kier molecular flexibility index (Phi) is 6.60. The normalized spacial score (nSPS) is 13.9. The van der Waals surface area contributed by atoms with Crippen molar-refractivity contribution in [2.24, 2.45) is 0 Å². The molecular formula is C26H24BrNO5. The van der Waals surface area contributed by atoms with Crippen molar-refractivity contribution >= 4 is 39.1 Å². The van der Waals surface area contributed by atoms with E-state index in [0.29, 0.717) is 22.5 Å². The second kappa shape index (κ2) is 9.58. The summed E-state index contributed by atoms with van der Waals surface area (Å²) < 4.78 is 16.6. The van der Waals surface area contributed by atoms with Crippen LogP contribution in [-0.4, -0.2) is 25.2 Å². The SMILES string of the molecule is COc1ccc2c(c1)C(CC(=O)NCc1ccco1)=C(C)C2=Cc1cc(Br)c(O)c(OC)c1. The van der Waals surface area contributed by atoms with E-state index in [-0.39, 0.29) is 18.1 Å². The predicted molar refractivity (Wildman–Crippen MR) is 131 cm³/mol. The van der Waals surface area contributed by atoms with Gasteiger partial charge in [-0.25, -0.2) is 0 Å². The third-order valence-corrected chi connectivity index (χ3v) is 6.26. The molecule has 0 radical (unpaired) electrons. The van der Waals surface area contributed by atoms with Crippen LogP contribution in [0.2, 0.25) is 0 Å². The summed E-state index contributed by atoms with van der Waals surface area (Å²) in [5, 5.41) is 13.1. The Hall–Kier alpha value is -3.45. The number of nitrogens with one attached hydrogen (secondary N) is 1. The molecule has 0 fully saturated rings. The van der Waals surface area contributed by atoms with E-state index in [9.17, 15) is 9.90 Å². The molecule has 0 saturated heterocycles. The summed E-state index contributed by atoms with van der Waals surface area (Å²) in [5.74, 6) is 1.77. The number of phenols is 1. The van der Waals surface area contributed by atoms with Crippen LogP contribution in [0.1, 0.15) is 35.8 Å². The molecule has 2 aromatic carbocycles. The summed E-state index contributed by atoms with van der Waals surface area (Å²) in [7, 11) is 3.14. The largest absolute Gasteiger partial charge is 0.503 e. The molecule has 0 aliphatic heterocycles. The zero-order chi connectivity index (χ0) is 23.5. The van der Waals surface area contributed by atoms with Crippen LogP contribution in [0.4, 0.5) is 0 Å². The van der Waals surface area contributed by atoms with E-state index in [2.05, 4.69) is 21.2 Å². The maximum absolute atomic E-state index is 12.7. The van der Waals surface area contributed by atoms with Crippen molar-refractivity contribution in [2.75, 3.05) is 14.2 Å². The number of benzene rings is 2. The number of hydrogen-bond donors (Lipinski definition) is 2. The van der Waals surface area contributed by atoms with Gasteiger partial charge in [-0.1, -0.05) is 6.07 Å². The summed E-state index contributed by atoms with van der Waals surface area (Å²) in [6, 6.07) is 13.1. The molecule has 1 amide bonds. The van der Waals surface area contributed by atoms with Crippen molar-refractivity contribution in [3.8, 4) is 17.2 Å². The Morgan fingerprint density at radius 3 is 2.67 bits per heavy atom. The molecule has 7 heteroatoms. The highest BCUT2D eigenvalue weighted by atomic mass is 79.9. The number of hydrogen-bond acceptors (Lipinski definition) is 5. The van der Waals surface area contributed by atoms with Crippen LogP contribution in [-0.2, 0) is 11.3 Å². The zero-order valence-corrected chi connectivity index (χ0v) is 20.2. The molecule has 1 aromatic heterocycles. The molecule has 3 aromatic rings. The van der Waals surface area contributed by atoms with Crippen LogP contribution < -0.4 is 14.8 Å². The lowest BCUT2D eigenvalue weighted by atomic mass is 10.00. The second-order valence-corrected chi connectivity index (χ2v) is 8.51. The smallest absolute Gasteiger partial charge is 0.224 e. The van der Waals surface area contributed by atoms with E-state index in [4.69, 9.17) is 13.9 Å². The fraction of sp³-hybridized carbons (Fsp3) is 0.192. The first kappa shape index (κ1) is 22.7. The van der Waals surface area contributed by atoms with Gasteiger partial charge in [-0.15, -0.1) is 0 Å². The molecule has 33 heavy (non-hydrogen) atoms. The van der Waals surface area contributed by atoms with Gasteiger partial charge in [-0.3, -0.25) is 4.79 Å². The molecule has 6 nitrogen and oxygen atoms in total. The molecule has 2 N–H and O–H groups in total. The third-order valence-electron chi connectivity index (χ3n) is 5.66. The average molecular weight is 510 g/mol. The van der Waals surface area contributed by atoms with Crippen molar-refractivity contribution in [3.63, 3.8) is 0 Å². The molecular weight excluding hydrogens is 486 g/mol. The number of amides is 1. The monoisotopic (exact) mass is 509 g/mol. The first-order chi connectivity index (χ1) is 15.9. The number of carbonyl (C=O) groups is 1. The molecule has 4 rings (SSSR count). The molecule has 0 unspecified atom stereocenters. The number of aromatic hydroxyl groups is 1. The summed E-state index contributed by atoms with van der Waals surface area (Å²) in [4.78, 5) is 12.7. The number of ether oxygens (including phenoxy) is 2. The Bertz CT molecular complexity index is 1260. The number of fused-ring (bicyclic) bond motifs is 1. The highest BCUT2D eigenvalue weighted by molar-refractivity contribution is 9.10. The summed E-state index contributed by atoms with van der Waals surface area (Å²) >= 11 is 3.38. The van der Waals surface area contributed by atoms with Gasteiger partial charge in [0.05, 0.1) is 37.9 Å². The van der Waals surface area contributed by atoms with Gasteiger partial charge in [0.2, 0.25) is 5.91 Å². The molecule has 0 bridgehead atoms. The minimum atomic E-state index is -0.0928. The Morgan fingerprint density at radius 1 is 1.15 bits per heavy atom. The van der Waals surface area contributed by atoms with Crippen molar-refractivity contribution in [3.05, 3.63) is 81.2 Å². The van der Waals surface area contributed by atoms with E-state index in [0.717, 1.165) is 39.2 Å². The minimum Gasteiger partial charge on any atom is -0.503 e. The van der Waals surface area contributed by atoms with E-state index in [1.807, 2.05) is 43.3 Å². The van der Waals surface area contributed by atoms with E-state index < -0.39 is 0 Å². The van der Waals surface area contributed by atoms with Crippen molar-refractivity contribution in [1.82, 2.24) is 5.32 Å². The maximum atomic E-state index is 12.7. The van der Waals surface area contributed by atoms with Crippen LogP contribution >= 0.6 is 15.9 Å². The maximum Gasteiger partial charge on any atom is 0.224 e. The first-order valence-corrected chi connectivity index (χ1v) is 11.2. The summed E-state index contributed by atoms with van der Waals surface area (Å²) in [6.45, 7) is 2.35. The van der Waals surface area contributed by atoms with Crippen molar-refractivity contribution in [1.29, 1.82) is 0 Å². The third kappa shape index (κ3) is 4.68. The Morgan fingerprint density at radius 2 is 1.97 bits per heavy atom. The standard InChI is InChI=1S/C26H24BrNO5/c1-15-20(9-16-10-23(27)26(30)24(11-16)32-3)19-7-6-17(31-2)12-22(19)21(15)13-25(29)28-14-18-5-4-8-33-18/h4-12,30H,13-14H2,1-3H3,(H,28,29). The topological polar surface area (TPSA) is 80.9 Å². The van der Waals surface area contributed by atoms with Gasteiger partial charge in [0, 0.05) is 0 Å². The van der Waals surface area contributed by atoms with Crippen LogP contribution in [0.5, 0.6) is 17.2 Å². The van der Waals surface area contributed by atoms with Crippen LogP contribution in [0.15, 0.2) is 63.2 Å². The number of rotatable bonds is 7. The molecule has 1 aliphatic rings. The van der Waals surface area contributed by atoms with E-state index in [1.54, 1.807) is 25.5 Å². The lowest BCUT2D eigenvalue weighted by Crippen LogP contribution is -2.22.